The Hall–Kier alpha value is -3.19. The maximum atomic E-state index is 13.3. The summed E-state index contributed by atoms with van der Waals surface area (Å²) in [6.07, 6.45) is 0. The number of anilines is 1. The number of aromatic nitrogens is 5. The SMILES string of the molecule is CCn1nc(C)c2c(C(=O)Nc3cc(C)nn3Cc3ccccc3Cl)cc(C)nc21. The third-order valence-corrected chi connectivity index (χ3v) is 5.34. The predicted octanol–water partition coefficient (Wildman–Crippen LogP) is 4.53. The summed E-state index contributed by atoms with van der Waals surface area (Å²) in [6, 6.07) is 11.3. The summed E-state index contributed by atoms with van der Waals surface area (Å²) in [5.41, 5.74) is 4.57. The van der Waals surface area contributed by atoms with Gasteiger partial charge in [-0.25, -0.2) is 14.3 Å². The van der Waals surface area contributed by atoms with Gasteiger partial charge in [-0.15, -0.1) is 0 Å². The fourth-order valence-corrected chi connectivity index (χ4v) is 3.81. The Morgan fingerprint density at radius 2 is 1.83 bits per heavy atom. The van der Waals surface area contributed by atoms with Gasteiger partial charge < -0.3 is 5.32 Å². The van der Waals surface area contributed by atoms with Crippen LogP contribution < -0.4 is 5.32 Å². The Bertz CT molecular complexity index is 1260. The van der Waals surface area contributed by atoms with Gasteiger partial charge in [0.25, 0.3) is 5.91 Å². The molecule has 0 saturated heterocycles. The molecular weight excluding hydrogens is 400 g/mol. The van der Waals surface area contributed by atoms with E-state index in [-0.39, 0.29) is 5.91 Å². The van der Waals surface area contributed by atoms with Crippen molar-refractivity contribution in [3.63, 3.8) is 0 Å². The molecule has 4 aromatic rings. The van der Waals surface area contributed by atoms with Gasteiger partial charge in [0, 0.05) is 23.3 Å². The van der Waals surface area contributed by atoms with Crippen LogP contribution in [-0.2, 0) is 13.1 Å². The minimum Gasteiger partial charge on any atom is -0.307 e. The molecule has 154 valence electrons. The molecule has 0 fully saturated rings. The molecule has 0 unspecified atom stereocenters. The molecule has 0 bridgehead atoms. The third kappa shape index (κ3) is 3.68. The van der Waals surface area contributed by atoms with Gasteiger partial charge in [0.2, 0.25) is 0 Å². The first-order chi connectivity index (χ1) is 14.4. The average Bonchev–Trinajstić information content (AvgIpc) is 3.21. The molecule has 1 N–H and O–H groups in total. The van der Waals surface area contributed by atoms with Crippen molar-refractivity contribution in [2.24, 2.45) is 0 Å². The molecule has 1 aromatic carbocycles. The van der Waals surface area contributed by atoms with Crippen molar-refractivity contribution in [2.45, 2.75) is 40.8 Å². The number of carbonyl (C=O) groups excluding carboxylic acids is 1. The highest BCUT2D eigenvalue weighted by Crippen LogP contribution is 2.24. The number of halogens is 1. The molecule has 1 amide bonds. The molecule has 0 aliphatic rings. The van der Waals surface area contributed by atoms with Crippen LogP contribution in [0.1, 0.15) is 39.9 Å². The Balaban J connectivity index is 1.70. The number of benzene rings is 1. The lowest BCUT2D eigenvalue weighted by Gasteiger charge is -2.11. The van der Waals surface area contributed by atoms with Crippen LogP contribution >= 0.6 is 11.6 Å². The zero-order valence-corrected chi connectivity index (χ0v) is 18.2. The maximum absolute atomic E-state index is 13.3. The predicted molar refractivity (Wildman–Crippen MR) is 118 cm³/mol. The molecule has 8 heteroatoms. The Labute approximate surface area is 179 Å². The van der Waals surface area contributed by atoms with Crippen LogP contribution in [0.25, 0.3) is 11.0 Å². The Morgan fingerprint density at radius 1 is 1.07 bits per heavy atom. The highest BCUT2D eigenvalue weighted by atomic mass is 35.5. The molecule has 0 spiro atoms. The standard InChI is InChI=1S/C22H23ClN6O/c1-5-28-21-20(15(4)27-28)17(10-13(2)24-21)22(30)25-19-11-14(3)26-29(19)12-16-8-6-7-9-18(16)23/h6-11H,5,12H2,1-4H3,(H,25,30). The molecule has 0 atom stereocenters. The summed E-state index contributed by atoms with van der Waals surface area (Å²) < 4.78 is 3.57. The van der Waals surface area contributed by atoms with Crippen molar-refractivity contribution in [3.8, 4) is 0 Å². The third-order valence-electron chi connectivity index (χ3n) is 4.97. The van der Waals surface area contributed by atoms with Gasteiger partial charge in [-0.1, -0.05) is 29.8 Å². The van der Waals surface area contributed by atoms with Crippen LogP contribution in [0.4, 0.5) is 5.82 Å². The topological polar surface area (TPSA) is 77.6 Å². The smallest absolute Gasteiger partial charge is 0.257 e. The van der Waals surface area contributed by atoms with E-state index in [4.69, 9.17) is 11.6 Å². The van der Waals surface area contributed by atoms with E-state index in [1.54, 1.807) is 10.7 Å². The van der Waals surface area contributed by atoms with Gasteiger partial charge in [0.1, 0.15) is 5.82 Å². The van der Waals surface area contributed by atoms with Crippen molar-refractivity contribution in [2.75, 3.05) is 5.32 Å². The molecule has 3 heterocycles. The first-order valence-corrected chi connectivity index (χ1v) is 10.2. The number of amides is 1. The summed E-state index contributed by atoms with van der Waals surface area (Å²) in [4.78, 5) is 17.9. The normalized spacial score (nSPS) is 11.2. The van der Waals surface area contributed by atoms with Crippen molar-refractivity contribution in [1.29, 1.82) is 0 Å². The zero-order valence-electron chi connectivity index (χ0n) is 17.4. The highest BCUT2D eigenvalue weighted by Gasteiger charge is 2.20. The van der Waals surface area contributed by atoms with E-state index in [2.05, 4.69) is 20.5 Å². The highest BCUT2D eigenvalue weighted by molar-refractivity contribution is 6.31. The van der Waals surface area contributed by atoms with Crippen LogP contribution in [-0.4, -0.2) is 30.5 Å². The lowest BCUT2D eigenvalue weighted by Crippen LogP contribution is -2.17. The van der Waals surface area contributed by atoms with Gasteiger partial charge in [-0.2, -0.15) is 10.2 Å². The van der Waals surface area contributed by atoms with Crippen molar-refractivity contribution in [3.05, 3.63) is 69.6 Å². The largest absolute Gasteiger partial charge is 0.307 e. The summed E-state index contributed by atoms with van der Waals surface area (Å²) in [5.74, 6) is 0.394. The summed E-state index contributed by atoms with van der Waals surface area (Å²) in [6.45, 7) is 8.82. The number of carbonyl (C=O) groups is 1. The molecule has 7 nitrogen and oxygen atoms in total. The Kier molecular flexibility index (Phi) is 5.30. The maximum Gasteiger partial charge on any atom is 0.257 e. The fourth-order valence-electron chi connectivity index (χ4n) is 3.62. The minimum absolute atomic E-state index is 0.218. The van der Waals surface area contributed by atoms with Crippen LogP contribution in [0.5, 0.6) is 0 Å². The first kappa shape index (κ1) is 20.1. The van der Waals surface area contributed by atoms with Gasteiger partial charge in [0.15, 0.2) is 5.65 Å². The van der Waals surface area contributed by atoms with Gasteiger partial charge in [-0.05, 0) is 45.4 Å². The van der Waals surface area contributed by atoms with Crippen molar-refractivity contribution >= 4 is 34.4 Å². The number of aryl methyl sites for hydroxylation is 4. The number of pyridine rings is 1. The molecule has 4 rings (SSSR count). The number of hydrogen-bond donors (Lipinski definition) is 1. The number of nitrogens with one attached hydrogen (secondary N) is 1. The van der Waals surface area contributed by atoms with E-state index in [1.165, 1.54) is 0 Å². The number of rotatable bonds is 5. The molecule has 0 aliphatic carbocycles. The average molecular weight is 423 g/mol. The van der Waals surface area contributed by atoms with Gasteiger partial charge in [-0.3, -0.25) is 4.79 Å². The fraction of sp³-hybridized carbons (Fsp3) is 0.273. The van der Waals surface area contributed by atoms with Crippen molar-refractivity contribution < 1.29 is 4.79 Å². The van der Waals surface area contributed by atoms with E-state index in [9.17, 15) is 4.79 Å². The second-order valence-corrected chi connectivity index (χ2v) is 7.69. The number of fused-ring (bicyclic) bond motifs is 1. The first-order valence-electron chi connectivity index (χ1n) is 9.81. The van der Waals surface area contributed by atoms with Crippen LogP contribution in [0, 0.1) is 20.8 Å². The summed E-state index contributed by atoms with van der Waals surface area (Å²) in [7, 11) is 0. The van der Waals surface area contributed by atoms with Gasteiger partial charge >= 0.3 is 0 Å². The van der Waals surface area contributed by atoms with E-state index < -0.39 is 0 Å². The molecule has 0 aliphatic heterocycles. The Morgan fingerprint density at radius 3 is 2.57 bits per heavy atom. The summed E-state index contributed by atoms with van der Waals surface area (Å²) >= 11 is 6.31. The van der Waals surface area contributed by atoms with Crippen LogP contribution in [0.2, 0.25) is 5.02 Å². The van der Waals surface area contributed by atoms with E-state index >= 15 is 0 Å². The quantitative estimate of drug-likeness (QED) is 0.512. The number of nitrogens with zero attached hydrogens (tertiary/aromatic N) is 5. The molecule has 30 heavy (non-hydrogen) atoms. The summed E-state index contributed by atoms with van der Waals surface area (Å²) in [5, 5.41) is 13.5. The lowest BCUT2D eigenvalue weighted by molar-refractivity contribution is 0.102. The van der Waals surface area contributed by atoms with Gasteiger partial charge in [0.05, 0.1) is 28.9 Å². The van der Waals surface area contributed by atoms with E-state index in [0.29, 0.717) is 29.5 Å². The van der Waals surface area contributed by atoms with E-state index in [0.717, 1.165) is 33.7 Å². The van der Waals surface area contributed by atoms with Crippen molar-refractivity contribution in [1.82, 2.24) is 24.5 Å². The second-order valence-electron chi connectivity index (χ2n) is 7.29. The second kappa shape index (κ2) is 7.91. The van der Waals surface area contributed by atoms with Crippen LogP contribution in [0.3, 0.4) is 0 Å². The van der Waals surface area contributed by atoms with Crippen LogP contribution in [0.15, 0.2) is 36.4 Å². The lowest BCUT2D eigenvalue weighted by atomic mass is 10.1. The number of hydrogen-bond acceptors (Lipinski definition) is 4. The molecule has 0 saturated carbocycles. The van der Waals surface area contributed by atoms with E-state index in [1.807, 2.05) is 62.7 Å². The molecular formula is C22H23ClN6O. The molecule has 0 radical (unpaired) electrons. The minimum atomic E-state index is -0.218. The monoisotopic (exact) mass is 422 g/mol. The zero-order chi connectivity index (χ0) is 21.4. The molecule has 3 aromatic heterocycles.